The van der Waals surface area contributed by atoms with E-state index < -0.39 is 5.60 Å². The molecule has 0 saturated heterocycles. The number of fused-ring (bicyclic) bond motifs is 5. The number of allylic oxidation sites excluding steroid dienone is 2. The van der Waals surface area contributed by atoms with Gasteiger partial charge in [-0.25, -0.2) is 0 Å². The normalized spacial score (nSPS) is 46.1. The molecule has 4 aliphatic rings. The van der Waals surface area contributed by atoms with Crippen LogP contribution in [0, 0.1) is 34.5 Å². The van der Waals surface area contributed by atoms with Gasteiger partial charge in [0.05, 0.1) is 11.7 Å². The van der Waals surface area contributed by atoms with Gasteiger partial charge < -0.3 is 10.2 Å². The van der Waals surface area contributed by atoms with E-state index in [-0.39, 0.29) is 11.5 Å². The number of aliphatic hydroxyl groups is 2. The summed E-state index contributed by atoms with van der Waals surface area (Å²) >= 11 is 0. The fourth-order valence-electron chi connectivity index (χ4n) is 8.59. The topological polar surface area (TPSA) is 40.5 Å². The highest BCUT2D eigenvalue weighted by Crippen LogP contribution is 2.67. The number of rotatable bonds is 5. The first-order valence-electron chi connectivity index (χ1n) is 12.3. The first kappa shape index (κ1) is 21.6. The second kappa shape index (κ2) is 7.52. The van der Waals surface area contributed by atoms with Crippen LogP contribution in [0.5, 0.6) is 0 Å². The van der Waals surface area contributed by atoms with Crippen LogP contribution in [0.1, 0.15) is 98.3 Å². The Bertz CT molecular complexity index is 676. The van der Waals surface area contributed by atoms with E-state index in [0.29, 0.717) is 11.3 Å². The van der Waals surface area contributed by atoms with Crippen LogP contribution in [0.3, 0.4) is 0 Å². The van der Waals surface area contributed by atoms with Crippen LogP contribution in [-0.4, -0.2) is 21.9 Å². The molecule has 0 heterocycles. The molecule has 8 atom stereocenters. The molecule has 164 valence electrons. The molecule has 3 fully saturated rings. The largest absolute Gasteiger partial charge is 0.393 e. The molecule has 4 rings (SSSR count). The highest BCUT2D eigenvalue weighted by Gasteiger charge is 2.61. The minimum Gasteiger partial charge on any atom is -0.393 e. The van der Waals surface area contributed by atoms with Gasteiger partial charge in [-0.1, -0.05) is 31.1 Å². The smallest absolute Gasteiger partial charge is 0.0653 e. The molecule has 2 nitrogen and oxygen atoms in total. The minimum atomic E-state index is -0.555. The van der Waals surface area contributed by atoms with E-state index in [9.17, 15) is 10.2 Å². The number of aliphatic hydroxyl groups excluding tert-OH is 1. The Labute approximate surface area is 178 Å². The van der Waals surface area contributed by atoms with Crippen molar-refractivity contribution in [3.8, 4) is 0 Å². The summed E-state index contributed by atoms with van der Waals surface area (Å²) in [4.78, 5) is 0. The monoisotopic (exact) mass is 400 g/mol. The Kier molecular flexibility index (Phi) is 5.61. The lowest BCUT2D eigenvalue weighted by atomic mass is 9.46. The lowest BCUT2D eigenvalue weighted by molar-refractivity contribution is -0.105. The third-order valence-electron chi connectivity index (χ3n) is 10.1. The van der Waals surface area contributed by atoms with Crippen LogP contribution in [0.15, 0.2) is 23.8 Å². The molecule has 0 radical (unpaired) electrons. The van der Waals surface area contributed by atoms with Gasteiger partial charge in [0.2, 0.25) is 0 Å². The molecule has 0 amide bonds. The SMILES string of the molecule is C=C(C)CCC[C@](C)(O)C1CCC2C3CC=C4CC(O)CCC4(C)C3CCC21C. The molecule has 0 aromatic heterocycles. The predicted molar refractivity (Wildman–Crippen MR) is 120 cm³/mol. The van der Waals surface area contributed by atoms with Gasteiger partial charge in [-0.15, -0.1) is 6.58 Å². The fraction of sp³-hybridized carbons (Fsp3) is 0.852. The molecule has 0 aromatic rings. The van der Waals surface area contributed by atoms with Gasteiger partial charge in [0, 0.05) is 0 Å². The third kappa shape index (κ3) is 3.57. The summed E-state index contributed by atoms with van der Waals surface area (Å²) in [6.45, 7) is 13.3. The lowest BCUT2D eigenvalue weighted by Crippen LogP contribution is -2.53. The van der Waals surface area contributed by atoms with E-state index in [0.717, 1.165) is 56.3 Å². The maximum atomic E-state index is 11.5. The standard InChI is InChI=1S/C27H44O2/c1-18(2)7-6-14-27(5,29)24-11-10-22-21-9-8-19-17-20(28)12-15-25(19,3)23(21)13-16-26(22,24)4/h8,20-24,28-29H,1,6-7,9-17H2,2-5H3/t20?,21?,22?,23?,24?,25?,26?,27-/m0/s1. The van der Waals surface area contributed by atoms with Crippen LogP contribution in [0.4, 0.5) is 0 Å². The fourth-order valence-corrected chi connectivity index (χ4v) is 8.59. The van der Waals surface area contributed by atoms with Crippen molar-refractivity contribution in [3.63, 3.8) is 0 Å². The Morgan fingerprint density at radius 3 is 2.66 bits per heavy atom. The number of hydrogen-bond acceptors (Lipinski definition) is 2. The van der Waals surface area contributed by atoms with Crippen LogP contribution in [0.2, 0.25) is 0 Å². The van der Waals surface area contributed by atoms with Gasteiger partial charge in [0.25, 0.3) is 0 Å². The van der Waals surface area contributed by atoms with Crippen molar-refractivity contribution in [2.45, 2.75) is 110 Å². The van der Waals surface area contributed by atoms with E-state index in [1.807, 2.05) is 0 Å². The molecule has 4 aliphatic carbocycles. The summed E-state index contributed by atoms with van der Waals surface area (Å²) in [6, 6.07) is 0. The molecule has 7 unspecified atom stereocenters. The maximum Gasteiger partial charge on any atom is 0.0653 e. The second-order valence-electron chi connectivity index (χ2n) is 12.0. The third-order valence-corrected chi connectivity index (χ3v) is 10.1. The Morgan fingerprint density at radius 2 is 1.93 bits per heavy atom. The highest BCUT2D eigenvalue weighted by molar-refractivity contribution is 5.25. The summed E-state index contributed by atoms with van der Waals surface area (Å²) in [5, 5.41) is 21.7. The molecular formula is C27H44O2. The van der Waals surface area contributed by atoms with Gasteiger partial charge in [-0.2, -0.15) is 0 Å². The van der Waals surface area contributed by atoms with E-state index >= 15 is 0 Å². The summed E-state index contributed by atoms with van der Waals surface area (Å²) in [7, 11) is 0. The van der Waals surface area contributed by atoms with E-state index in [1.54, 1.807) is 5.57 Å². The molecule has 0 aliphatic heterocycles. The van der Waals surface area contributed by atoms with Crippen LogP contribution < -0.4 is 0 Å². The van der Waals surface area contributed by atoms with Crippen LogP contribution in [-0.2, 0) is 0 Å². The van der Waals surface area contributed by atoms with E-state index in [2.05, 4.69) is 40.3 Å². The van der Waals surface area contributed by atoms with Crippen LogP contribution in [0.25, 0.3) is 0 Å². The lowest BCUT2D eigenvalue weighted by Gasteiger charge is -2.59. The number of hydrogen-bond donors (Lipinski definition) is 2. The van der Waals surface area contributed by atoms with Crippen molar-refractivity contribution in [3.05, 3.63) is 23.8 Å². The summed E-state index contributed by atoms with van der Waals surface area (Å²) in [6.07, 6.45) is 14.7. The van der Waals surface area contributed by atoms with Crippen molar-refractivity contribution in [2.75, 3.05) is 0 Å². The average Bonchev–Trinajstić information content (AvgIpc) is 3.00. The summed E-state index contributed by atoms with van der Waals surface area (Å²) in [5.74, 6) is 2.73. The second-order valence-corrected chi connectivity index (χ2v) is 12.0. The van der Waals surface area contributed by atoms with Crippen molar-refractivity contribution in [1.29, 1.82) is 0 Å². The van der Waals surface area contributed by atoms with Gasteiger partial charge in [0.15, 0.2) is 0 Å². The average molecular weight is 401 g/mol. The van der Waals surface area contributed by atoms with Crippen molar-refractivity contribution >= 4 is 0 Å². The van der Waals surface area contributed by atoms with Gasteiger partial charge >= 0.3 is 0 Å². The first-order valence-corrected chi connectivity index (χ1v) is 12.3. The molecule has 2 N–H and O–H groups in total. The van der Waals surface area contributed by atoms with Gasteiger partial charge in [-0.3, -0.25) is 0 Å². The Morgan fingerprint density at radius 1 is 1.17 bits per heavy atom. The molecule has 0 spiro atoms. The maximum absolute atomic E-state index is 11.5. The first-order chi connectivity index (χ1) is 13.6. The zero-order valence-corrected chi connectivity index (χ0v) is 19.3. The van der Waals surface area contributed by atoms with Crippen LogP contribution >= 0.6 is 0 Å². The molecule has 29 heavy (non-hydrogen) atoms. The van der Waals surface area contributed by atoms with Gasteiger partial charge in [0.1, 0.15) is 0 Å². The Hall–Kier alpha value is -0.600. The molecule has 0 aromatic carbocycles. The van der Waals surface area contributed by atoms with Crippen molar-refractivity contribution < 1.29 is 10.2 Å². The highest BCUT2D eigenvalue weighted by atomic mass is 16.3. The summed E-state index contributed by atoms with van der Waals surface area (Å²) < 4.78 is 0. The van der Waals surface area contributed by atoms with Crippen molar-refractivity contribution in [2.24, 2.45) is 34.5 Å². The molecule has 2 heteroatoms. The van der Waals surface area contributed by atoms with Gasteiger partial charge in [-0.05, 0) is 119 Å². The molecule has 0 bridgehead atoms. The molecular weight excluding hydrogens is 356 g/mol. The van der Waals surface area contributed by atoms with E-state index in [4.69, 9.17) is 0 Å². The quantitative estimate of drug-likeness (QED) is 0.522. The zero-order chi connectivity index (χ0) is 21.0. The van der Waals surface area contributed by atoms with Crippen molar-refractivity contribution in [1.82, 2.24) is 0 Å². The summed E-state index contributed by atoms with van der Waals surface area (Å²) in [5.41, 5.74) is 2.82. The van der Waals surface area contributed by atoms with E-state index in [1.165, 1.54) is 37.7 Å². The predicted octanol–water partition coefficient (Wildman–Crippen LogP) is 6.42. The zero-order valence-electron chi connectivity index (χ0n) is 19.3. The minimum absolute atomic E-state index is 0.120. The molecule has 3 saturated carbocycles. The Balaban J connectivity index is 1.53.